The second-order valence-electron chi connectivity index (χ2n) is 19.5. The number of aromatic nitrogens is 6. The molecule has 4 aromatic heterocycles. The fourth-order valence-corrected chi connectivity index (χ4v) is 12.3. The van der Waals surface area contributed by atoms with Gasteiger partial charge >= 0.3 is 0 Å². The molecule has 4 heterocycles. The fourth-order valence-electron chi connectivity index (χ4n) is 12.3. The highest BCUT2D eigenvalue weighted by molar-refractivity contribution is 6.29. The molecule has 16 rings (SSSR count). The first-order valence-electron chi connectivity index (χ1n) is 25.5. The highest BCUT2D eigenvalue weighted by Gasteiger charge is 2.24. The number of fused-ring (bicyclic) bond motifs is 16. The van der Waals surface area contributed by atoms with Gasteiger partial charge in [0.2, 0.25) is 5.95 Å². The van der Waals surface area contributed by atoms with E-state index in [4.69, 9.17) is 15.0 Å². The molecule has 0 N–H and O–H groups in total. The first-order valence-corrected chi connectivity index (χ1v) is 25.5. The molecule has 6 heteroatoms. The first-order chi connectivity index (χ1) is 37.2. The SMILES string of the molecule is c1ccc(-c2nc(-c3ccc4c5ccccc5n(-c5ccccc5)c4c3)nc(-n3c4ccccc4c4c5c6ccccc6n(-c6ccccc6-c6ccc7c8ccccc8c8ccccc8c7c6)c5ccc43)n2)cc1. The Balaban J connectivity index is 0.927. The third-order valence-corrected chi connectivity index (χ3v) is 15.5. The molecule has 16 aromatic rings. The summed E-state index contributed by atoms with van der Waals surface area (Å²) in [6, 6.07) is 91.6. The van der Waals surface area contributed by atoms with Crippen LogP contribution in [-0.2, 0) is 0 Å². The summed E-state index contributed by atoms with van der Waals surface area (Å²) < 4.78 is 7.05. The normalized spacial score (nSPS) is 12.0. The van der Waals surface area contributed by atoms with Gasteiger partial charge in [-0.2, -0.15) is 9.97 Å². The Hall–Kier alpha value is -10.2. The summed E-state index contributed by atoms with van der Waals surface area (Å²) in [4.78, 5) is 16.1. The number of para-hydroxylation sites is 5. The molecule has 0 saturated heterocycles. The number of hydrogen-bond acceptors (Lipinski definition) is 3. The van der Waals surface area contributed by atoms with E-state index in [1.165, 1.54) is 59.4 Å². The Morgan fingerprint density at radius 1 is 0.240 bits per heavy atom. The van der Waals surface area contributed by atoms with Gasteiger partial charge in [-0.25, -0.2) is 4.98 Å². The van der Waals surface area contributed by atoms with Crippen LogP contribution in [0.5, 0.6) is 0 Å². The molecule has 12 aromatic carbocycles. The van der Waals surface area contributed by atoms with E-state index in [-0.39, 0.29) is 0 Å². The van der Waals surface area contributed by atoms with Crippen LogP contribution in [0.25, 0.3) is 149 Å². The van der Waals surface area contributed by atoms with Crippen molar-refractivity contribution in [3.05, 3.63) is 255 Å². The summed E-state index contributed by atoms with van der Waals surface area (Å²) in [6.07, 6.45) is 0. The topological polar surface area (TPSA) is 53.5 Å². The van der Waals surface area contributed by atoms with Gasteiger partial charge in [0.25, 0.3) is 0 Å². The standard InChI is InChI=1S/C69H42N6/c1-3-19-43(20-4-1)67-70-68(45-36-38-54-53-28-12-16-32-59(53)73(64(54)42-45)46-21-5-2-6-22-46)72-69(71-67)75-61-34-18-14-30-56(61)66-63(75)40-39-62-65(66)55-29-13-17-33-60(55)74(62)58-31-15-11-23-47(58)44-35-37-52-50-26-8-7-24-48(50)49-25-9-10-27-51(49)57(52)41-44/h1-42H. The van der Waals surface area contributed by atoms with Crippen molar-refractivity contribution in [2.75, 3.05) is 0 Å². The molecule has 0 radical (unpaired) electrons. The van der Waals surface area contributed by atoms with Crippen LogP contribution in [0.2, 0.25) is 0 Å². The van der Waals surface area contributed by atoms with E-state index >= 15 is 0 Å². The predicted molar refractivity (Wildman–Crippen MR) is 312 cm³/mol. The van der Waals surface area contributed by atoms with Crippen molar-refractivity contribution in [2.24, 2.45) is 0 Å². The average molecular weight is 955 g/mol. The predicted octanol–water partition coefficient (Wildman–Crippen LogP) is 17.6. The largest absolute Gasteiger partial charge is 0.309 e. The zero-order valence-electron chi connectivity index (χ0n) is 40.4. The Labute approximate surface area is 430 Å². The van der Waals surface area contributed by atoms with Crippen LogP contribution in [-0.4, -0.2) is 28.7 Å². The van der Waals surface area contributed by atoms with Crippen molar-refractivity contribution >= 4 is 97.7 Å². The minimum atomic E-state index is 0.554. The lowest BCUT2D eigenvalue weighted by Gasteiger charge is -2.16. The van der Waals surface area contributed by atoms with Crippen molar-refractivity contribution in [3.63, 3.8) is 0 Å². The van der Waals surface area contributed by atoms with Crippen molar-refractivity contribution in [3.8, 4) is 51.2 Å². The fraction of sp³-hybridized carbons (Fsp3) is 0. The van der Waals surface area contributed by atoms with Crippen molar-refractivity contribution in [1.82, 2.24) is 28.7 Å². The highest BCUT2D eigenvalue weighted by atomic mass is 15.2. The monoisotopic (exact) mass is 954 g/mol. The van der Waals surface area contributed by atoms with Crippen LogP contribution in [0.4, 0.5) is 0 Å². The van der Waals surface area contributed by atoms with E-state index < -0.39 is 0 Å². The summed E-state index contributed by atoms with van der Waals surface area (Å²) in [5.41, 5.74) is 12.9. The number of rotatable bonds is 6. The minimum Gasteiger partial charge on any atom is -0.309 e. The van der Waals surface area contributed by atoms with Crippen molar-refractivity contribution in [2.45, 2.75) is 0 Å². The van der Waals surface area contributed by atoms with E-state index in [1.54, 1.807) is 0 Å². The van der Waals surface area contributed by atoms with Crippen LogP contribution in [0.15, 0.2) is 255 Å². The smallest absolute Gasteiger partial charge is 0.238 e. The molecule has 0 saturated carbocycles. The number of benzene rings is 12. The van der Waals surface area contributed by atoms with Crippen LogP contribution in [0.3, 0.4) is 0 Å². The average Bonchev–Trinajstić information content (AvgIpc) is 4.21. The summed E-state index contributed by atoms with van der Waals surface area (Å²) in [5.74, 6) is 1.76. The van der Waals surface area contributed by atoms with E-state index in [1.807, 2.05) is 18.2 Å². The van der Waals surface area contributed by atoms with E-state index in [0.717, 1.165) is 71.9 Å². The lowest BCUT2D eigenvalue weighted by Crippen LogP contribution is -2.06. The molecule has 348 valence electrons. The van der Waals surface area contributed by atoms with Gasteiger partial charge in [-0.1, -0.05) is 194 Å². The van der Waals surface area contributed by atoms with Crippen LogP contribution >= 0.6 is 0 Å². The molecular weight excluding hydrogens is 913 g/mol. The molecular formula is C69H42N6. The molecule has 0 bridgehead atoms. The lowest BCUT2D eigenvalue weighted by atomic mass is 9.92. The van der Waals surface area contributed by atoms with Gasteiger partial charge < -0.3 is 9.13 Å². The van der Waals surface area contributed by atoms with Gasteiger partial charge in [0, 0.05) is 54.7 Å². The summed E-state index contributed by atoms with van der Waals surface area (Å²) in [5, 5.41) is 14.6. The third-order valence-electron chi connectivity index (χ3n) is 15.5. The van der Waals surface area contributed by atoms with Gasteiger partial charge in [0.15, 0.2) is 11.6 Å². The molecule has 0 fully saturated rings. The highest BCUT2D eigenvalue weighted by Crippen LogP contribution is 2.45. The van der Waals surface area contributed by atoms with Gasteiger partial charge in [-0.05, 0) is 98.5 Å². The van der Waals surface area contributed by atoms with E-state index in [9.17, 15) is 0 Å². The zero-order chi connectivity index (χ0) is 49.1. The van der Waals surface area contributed by atoms with Gasteiger partial charge in [-0.15, -0.1) is 0 Å². The first kappa shape index (κ1) is 41.4. The van der Waals surface area contributed by atoms with Crippen LogP contribution in [0, 0.1) is 0 Å². The number of nitrogens with zero attached hydrogens (tertiary/aromatic N) is 6. The molecule has 0 amide bonds. The quantitative estimate of drug-likeness (QED) is 0.156. The van der Waals surface area contributed by atoms with Crippen molar-refractivity contribution < 1.29 is 0 Å². The molecule has 0 aliphatic heterocycles. The molecule has 6 nitrogen and oxygen atoms in total. The maximum atomic E-state index is 5.46. The van der Waals surface area contributed by atoms with Gasteiger partial charge in [0.1, 0.15) is 0 Å². The molecule has 0 spiro atoms. The zero-order valence-corrected chi connectivity index (χ0v) is 40.4. The van der Waals surface area contributed by atoms with E-state index in [0.29, 0.717) is 17.6 Å². The second-order valence-corrected chi connectivity index (χ2v) is 19.5. The minimum absolute atomic E-state index is 0.554. The Morgan fingerprint density at radius 3 is 1.36 bits per heavy atom. The Kier molecular flexibility index (Phi) is 8.94. The Morgan fingerprint density at radius 2 is 0.693 bits per heavy atom. The maximum absolute atomic E-state index is 5.46. The lowest BCUT2D eigenvalue weighted by molar-refractivity contribution is 0.953. The third kappa shape index (κ3) is 6.17. The molecule has 0 aliphatic rings. The number of hydrogen-bond donors (Lipinski definition) is 0. The van der Waals surface area contributed by atoms with Crippen molar-refractivity contribution in [1.29, 1.82) is 0 Å². The summed E-state index contributed by atoms with van der Waals surface area (Å²) in [7, 11) is 0. The summed E-state index contributed by atoms with van der Waals surface area (Å²) >= 11 is 0. The van der Waals surface area contributed by atoms with Gasteiger partial charge in [-0.3, -0.25) is 4.57 Å². The van der Waals surface area contributed by atoms with E-state index in [2.05, 4.69) is 250 Å². The second kappa shape index (κ2) is 16.2. The van der Waals surface area contributed by atoms with Gasteiger partial charge in [0.05, 0.1) is 38.8 Å². The molecule has 0 unspecified atom stereocenters. The van der Waals surface area contributed by atoms with Crippen LogP contribution in [0.1, 0.15) is 0 Å². The molecule has 75 heavy (non-hydrogen) atoms. The molecule has 0 atom stereocenters. The van der Waals surface area contributed by atoms with Crippen LogP contribution < -0.4 is 0 Å². The maximum Gasteiger partial charge on any atom is 0.238 e. The molecule has 0 aliphatic carbocycles. The Bertz CT molecular complexity index is 4970. The summed E-state index contributed by atoms with van der Waals surface area (Å²) in [6.45, 7) is 0.